The van der Waals surface area contributed by atoms with E-state index in [0.717, 1.165) is 28.9 Å². The largest absolute Gasteiger partial charge is 0.493 e. The van der Waals surface area contributed by atoms with Crippen LogP contribution in [-0.2, 0) is 55.6 Å². The van der Waals surface area contributed by atoms with Crippen LogP contribution in [0.25, 0.3) is 21.9 Å². The summed E-state index contributed by atoms with van der Waals surface area (Å²) in [6, 6.07) is 35.0. The molecule has 14 rings (SSSR count). The summed E-state index contributed by atoms with van der Waals surface area (Å²) in [7, 11) is 8.85. The van der Waals surface area contributed by atoms with Crippen LogP contribution < -0.4 is 61.1 Å². The van der Waals surface area contributed by atoms with E-state index >= 15 is 0 Å². The lowest BCUT2D eigenvalue weighted by Crippen LogP contribution is -2.37. The van der Waals surface area contributed by atoms with Crippen molar-refractivity contribution in [3.05, 3.63) is 179 Å². The van der Waals surface area contributed by atoms with Crippen LogP contribution in [0.1, 0.15) is 120 Å². The van der Waals surface area contributed by atoms with Crippen molar-refractivity contribution in [1.82, 2.24) is 29.7 Å². The van der Waals surface area contributed by atoms with E-state index in [0.29, 0.717) is 98.1 Å². The van der Waals surface area contributed by atoms with Crippen molar-refractivity contribution in [2.45, 2.75) is 70.9 Å². The van der Waals surface area contributed by atoms with Gasteiger partial charge in [0, 0.05) is 123 Å². The van der Waals surface area contributed by atoms with Crippen molar-refractivity contribution >= 4 is 139 Å². The van der Waals surface area contributed by atoms with Crippen LogP contribution in [0.4, 0.5) is 45.8 Å². The van der Waals surface area contributed by atoms with Gasteiger partial charge in [-0.15, -0.1) is 0 Å². The standard InChI is InChI=1S/C39H37N7O9.C21H20N2O5.C18H19N5O5.CH4/c1-45-21-33(44-36(45)38(50)42-24-10-11-29-23(15-24)17-32(55-29)37(49)40-13-12-35(48)53-3)43-34(47)9-6-14-54-31-19-27-26(18-30(31)52-2)39(51)46-25(20-41-27)16-22-7-4-5-8-28(22)46;1-27-18-10-15-16(11-19(18)28-8-4-7-20(24)25)22-12-14-9-13-5-2-3-6-17(13)23(14)21(15)26;1-23-9-14(19)22-16(23)18(26)21-11-3-4-12-10(7-11)8-13(28-12)17(25)20-6-5-15(24)27-2;/h4-5,7-8,10-11,15,17-21,25H,6,9,12-14,16H2,1-3H3,(H,40,49)(H,42,50)(H,43,47);2-3,5-6,10-12,14H,4,7-9H2,1H3,(H,24,25);3-4,7-9H,5-6,19H2,1-2H3,(H,20,25)(H,21,26);1H4/t25-;14-;;/m00../s1. The molecule has 4 aromatic heterocycles. The Labute approximate surface area is 640 Å². The molecule has 0 saturated heterocycles. The number of aliphatic imine (C=N–C) groups is 2. The van der Waals surface area contributed by atoms with E-state index in [2.05, 4.69) is 56.0 Å². The Hall–Kier alpha value is -14.1. The van der Waals surface area contributed by atoms with Gasteiger partial charge in [-0.1, -0.05) is 43.8 Å². The number of aromatic nitrogens is 4. The van der Waals surface area contributed by atoms with Gasteiger partial charge >= 0.3 is 17.9 Å². The number of methoxy groups -OCH3 is 4. The highest BCUT2D eigenvalue weighted by atomic mass is 16.5. The number of nitrogen functional groups attached to an aromatic ring is 1. The van der Waals surface area contributed by atoms with Crippen molar-refractivity contribution in [3.8, 4) is 23.0 Å². The van der Waals surface area contributed by atoms with Gasteiger partial charge in [-0.2, -0.15) is 0 Å². The molecule has 0 spiro atoms. The van der Waals surface area contributed by atoms with Crippen LogP contribution in [0.5, 0.6) is 23.0 Å². The molecule has 0 radical (unpaired) electrons. The quantitative estimate of drug-likeness (QED) is 0.0206. The summed E-state index contributed by atoms with van der Waals surface area (Å²) < 4.78 is 45.8. The molecule has 10 aromatic rings. The van der Waals surface area contributed by atoms with Crippen LogP contribution >= 0.6 is 0 Å². The fourth-order valence-corrected chi connectivity index (χ4v) is 12.6. The van der Waals surface area contributed by atoms with Gasteiger partial charge in [0.1, 0.15) is 17.0 Å². The number of para-hydroxylation sites is 2. The van der Waals surface area contributed by atoms with Crippen LogP contribution in [0.2, 0.25) is 0 Å². The fraction of sp³-hybridized carbons (Fsp3) is 0.266. The van der Waals surface area contributed by atoms with Gasteiger partial charge in [0.2, 0.25) is 17.6 Å². The number of imidazole rings is 2. The number of nitrogens with two attached hydrogens (primary N) is 1. The van der Waals surface area contributed by atoms with Gasteiger partial charge in [-0.05, 0) is 96.8 Å². The molecule has 0 bridgehead atoms. The van der Waals surface area contributed by atoms with Gasteiger partial charge in [0.05, 0.1) is 89.1 Å². The minimum Gasteiger partial charge on any atom is -0.493 e. The third kappa shape index (κ3) is 18.2. The highest BCUT2D eigenvalue weighted by molar-refractivity contribution is 6.16. The van der Waals surface area contributed by atoms with E-state index in [1.807, 2.05) is 48.5 Å². The van der Waals surface area contributed by atoms with E-state index in [1.54, 1.807) is 109 Å². The Morgan fingerprint density at radius 3 is 1.44 bits per heavy atom. The summed E-state index contributed by atoms with van der Waals surface area (Å²) in [5.74, 6) is -1.76. The zero-order valence-corrected chi connectivity index (χ0v) is 60.9. The molecule has 8 heterocycles. The first kappa shape index (κ1) is 78.9. The number of esters is 2. The molecule has 4 aliphatic rings. The lowest BCUT2D eigenvalue weighted by molar-refractivity contribution is -0.141. The van der Waals surface area contributed by atoms with Gasteiger partial charge < -0.3 is 83.8 Å². The number of aryl methyl sites for hydroxylation is 2. The molecule has 0 fully saturated rings. The number of carbonyl (C=O) groups is 10. The number of carbonyl (C=O) groups excluding carboxylic acids is 9. The highest BCUT2D eigenvalue weighted by Crippen LogP contribution is 2.43. The van der Waals surface area contributed by atoms with E-state index in [4.69, 9.17) is 38.6 Å². The zero-order valence-electron chi connectivity index (χ0n) is 60.9. The number of carboxylic acid groups (broad SMARTS) is 1. The number of furan rings is 2. The number of nitrogens with one attached hydrogen (secondary N) is 5. The number of rotatable bonds is 25. The second-order valence-corrected chi connectivity index (χ2v) is 25.6. The summed E-state index contributed by atoms with van der Waals surface area (Å²) in [5, 5.41) is 23.3. The lowest BCUT2D eigenvalue weighted by atomic mass is 10.1. The number of carboxylic acids is 1. The first-order valence-corrected chi connectivity index (χ1v) is 34.9. The predicted octanol–water partition coefficient (Wildman–Crippen LogP) is 9.96. The minimum atomic E-state index is -0.867. The minimum absolute atomic E-state index is 0. The van der Waals surface area contributed by atoms with Gasteiger partial charge in [0.25, 0.3) is 35.4 Å². The first-order chi connectivity index (χ1) is 53.6. The molecule has 6 aromatic carbocycles. The van der Waals surface area contributed by atoms with E-state index in [-0.39, 0.29) is 124 Å². The topological polar surface area (TPSA) is 426 Å². The van der Waals surface area contributed by atoms with Crippen molar-refractivity contribution in [2.75, 3.05) is 86.2 Å². The molecule has 8 N–H and O–H groups in total. The SMILES string of the molecule is C.COC(=O)CCNC(=O)c1cc2cc(NC(=O)c3nc(N)cn3C)ccc2o1.COC(=O)CCNC(=O)c1cc2cc(NC(=O)c3nc(NC(=O)CCCOc4cc5c(cc4OC)C(=O)N4c6ccccc6C[C@H]4C=N5)cn3C)ccc2o1.COc1cc2c(cc1OCCCC(=O)O)N=C[C@@H]1Cc3ccccc3N1C2=O. The van der Waals surface area contributed by atoms with Crippen molar-refractivity contribution in [1.29, 1.82) is 0 Å². The normalized spacial score (nSPS) is 13.8. The molecule has 33 heteroatoms. The molecular formula is C79H80N14O19. The molecule has 580 valence electrons. The van der Waals surface area contributed by atoms with Crippen LogP contribution in [-0.4, -0.2) is 163 Å². The summed E-state index contributed by atoms with van der Waals surface area (Å²) in [4.78, 5) is 144. The van der Waals surface area contributed by atoms with E-state index in [1.165, 1.54) is 49.8 Å². The molecule has 7 amide bonds. The number of nitrogens with zero attached hydrogens (tertiary/aromatic N) is 8. The van der Waals surface area contributed by atoms with E-state index < -0.39 is 41.5 Å². The first-order valence-electron chi connectivity index (χ1n) is 34.9. The molecule has 2 atom stereocenters. The fourth-order valence-electron chi connectivity index (χ4n) is 12.6. The Morgan fingerprint density at radius 1 is 0.536 bits per heavy atom. The third-order valence-corrected chi connectivity index (χ3v) is 18.0. The number of ether oxygens (including phenoxy) is 6. The number of hydrogen-bond acceptors (Lipinski definition) is 23. The van der Waals surface area contributed by atoms with Crippen molar-refractivity contribution in [2.24, 2.45) is 24.1 Å². The van der Waals surface area contributed by atoms with Gasteiger partial charge in [-0.25, -0.2) is 9.97 Å². The Bertz CT molecular complexity index is 5360. The summed E-state index contributed by atoms with van der Waals surface area (Å²) >= 11 is 0. The van der Waals surface area contributed by atoms with Crippen molar-refractivity contribution < 1.29 is 90.3 Å². The Kier molecular flexibility index (Phi) is 24.9. The Morgan fingerprint density at radius 2 is 0.991 bits per heavy atom. The number of aliphatic carboxylic acids is 1. The van der Waals surface area contributed by atoms with E-state index in [9.17, 15) is 47.9 Å². The lowest BCUT2D eigenvalue weighted by Gasteiger charge is -2.22. The molecular weight excluding hydrogens is 1450 g/mol. The molecule has 4 aliphatic heterocycles. The monoisotopic (exact) mass is 1530 g/mol. The zero-order chi connectivity index (χ0) is 78.6. The highest BCUT2D eigenvalue weighted by Gasteiger charge is 2.38. The van der Waals surface area contributed by atoms with Crippen LogP contribution in [0.15, 0.2) is 153 Å². The number of fused-ring (bicyclic) bond motifs is 10. The number of hydrogen-bond donors (Lipinski definition) is 7. The molecule has 0 unspecified atom stereocenters. The van der Waals surface area contributed by atoms with Crippen LogP contribution in [0, 0.1) is 0 Å². The smallest absolute Gasteiger partial charge is 0.307 e. The second-order valence-electron chi connectivity index (χ2n) is 25.6. The second kappa shape index (κ2) is 35.3. The number of benzene rings is 6. The summed E-state index contributed by atoms with van der Waals surface area (Å²) in [5.41, 5.74) is 13.3. The maximum atomic E-state index is 13.6. The summed E-state index contributed by atoms with van der Waals surface area (Å²) in [6.07, 6.45) is 9.03. The summed E-state index contributed by atoms with van der Waals surface area (Å²) in [6.45, 7) is 0.645. The van der Waals surface area contributed by atoms with Gasteiger partial charge in [0.15, 0.2) is 40.3 Å². The average Bonchev–Trinajstić information content (AvgIpc) is 1.61. The third-order valence-electron chi connectivity index (χ3n) is 18.0. The maximum Gasteiger partial charge on any atom is 0.307 e. The van der Waals surface area contributed by atoms with Crippen molar-refractivity contribution in [3.63, 3.8) is 0 Å². The molecule has 112 heavy (non-hydrogen) atoms. The van der Waals surface area contributed by atoms with Crippen LogP contribution in [0.3, 0.4) is 0 Å². The average molecular weight is 1530 g/mol. The molecule has 0 saturated carbocycles. The number of amides is 7. The molecule has 0 aliphatic carbocycles. The molecule has 33 nitrogen and oxygen atoms in total. The number of anilines is 6. The predicted molar refractivity (Wildman–Crippen MR) is 413 cm³/mol. The van der Waals surface area contributed by atoms with Gasteiger partial charge in [-0.3, -0.25) is 67.7 Å². The Balaban J connectivity index is 0.000000183. The maximum absolute atomic E-state index is 13.6.